The van der Waals surface area contributed by atoms with Crippen molar-refractivity contribution >= 4 is 5.91 Å². The van der Waals surface area contributed by atoms with Gasteiger partial charge in [-0.1, -0.05) is 6.07 Å². The highest BCUT2D eigenvalue weighted by Crippen LogP contribution is 2.18. The number of aryl methyl sites for hydroxylation is 1. The van der Waals surface area contributed by atoms with E-state index >= 15 is 0 Å². The zero-order valence-corrected chi connectivity index (χ0v) is 13.2. The number of carbonyl (C=O) groups is 1. The third-order valence-electron chi connectivity index (χ3n) is 3.98. The Balaban J connectivity index is 2.02. The molecule has 2 rings (SSSR count). The summed E-state index contributed by atoms with van der Waals surface area (Å²) in [5.41, 5.74) is 1.83. The van der Waals surface area contributed by atoms with E-state index in [1.807, 2.05) is 32.0 Å². The SMILES string of the molecule is Cc1cccc(=O)n1CCC(=O)N(C)[C@@H](C)c1ccncc1. The molecule has 116 valence electrons. The van der Waals surface area contributed by atoms with Crippen LogP contribution in [0.25, 0.3) is 0 Å². The molecule has 2 heterocycles. The zero-order valence-electron chi connectivity index (χ0n) is 13.2. The van der Waals surface area contributed by atoms with E-state index in [9.17, 15) is 9.59 Å². The van der Waals surface area contributed by atoms with Gasteiger partial charge in [-0.25, -0.2) is 0 Å². The smallest absolute Gasteiger partial charge is 0.250 e. The van der Waals surface area contributed by atoms with E-state index in [0.29, 0.717) is 13.0 Å². The maximum absolute atomic E-state index is 12.3. The summed E-state index contributed by atoms with van der Waals surface area (Å²) < 4.78 is 1.63. The highest BCUT2D eigenvalue weighted by molar-refractivity contribution is 5.76. The summed E-state index contributed by atoms with van der Waals surface area (Å²) in [6.45, 7) is 4.25. The summed E-state index contributed by atoms with van der Waals surface area (Å²) in [7, 11) is 1.79. The first-order chi connectivity index (χ1) is 10.5. The van der Waals surface area contributed by atoms with Crippen LogP contribution in [0, 0.1) is 6.92 Å². The average molecular weight is 299 g/mol. The molecule has 22 heavy (non-hydrogen) atoms. The van der Waals surface area contributed by atoms with E-state index in [2.05, 4.69) is 4.98 Å². The maximum Gasteiger partial charge on any atom is 0.250 e. The molecule has 1 atom stereocenters. The lowest BCUT2D eigenvalue weighted by molar-refractivity contribution is -0.132. The Morgan fingerprint density at radius 2 is 1.95 bits per heavy atom. The first-order valence-electron chi connectivity index (χ1n) is 7.32. The third-order valence-corrected chi connectivity index (χ3v) is 3.98. The van der Waals surface area contributed by atoms with Gasteiger partial charge >= 0.3 is 0 Å². The number of pyridine rings is 2. The van der Waals surface area contributed by atoms with Gasteiger partial charge in [0.2, 0.25) is 5.91 Å². The largest absolute Gasteiger partial charge is 0.339 e. The minimum Gasteiger partial charge on any atom is -0.339 e. The van der Waals surface area contributed by atoms with E-state index in [4.69, 9.17) is 0 Å². The van der Waals surface area contributed by atoms with Crippen molar-refractivity contribution in [3.8, 4) is 0 Å². The Hall–Kier alpha value is -2.43. The molecule has 1 amide bonds. The Morgan fingerprint density at radius 1 is 1.27 bits per heavy atom. The number of hydrogen-bond donors (Lipinski definition) is 0. The Kier molecular flexibility index (Phi) is 5.09. The fraction of sp³-hybridized carbons (Fsp3) is 0.353. The van der Waals surface area contributed by atoms with Crippen LogP contribution in [0.1, 0.15) is 30.6 Å². The second-order valence-corrected chi connectivity index (χ2v) is 5.37. The molecule has 0 radical (unpaired) electrons. The van der Waals surface area contributed by atoms with E-state index in [1.54, 1.807) is 35.0 Å². The quantitative estimate of drug-likeness (QED) is 0.850. The summed E-state index contributed by atoms with van der Waals surface area (Å²) in [4.78, 5) is 29.9. The summed E-state index contributed by atoms with van der Waals surface area (Å²) in [6, 6.07) is 8.90. The number of carbonyl (C=O) groups excluding carboxylic acids is 1. The Morgan fingerprint density at radius 3 is 2.59 bits per heavy atom. The second-order valence-electron chi connectivity index (χ2n) is 5.37. The van der Waals surface area contributed by atoms with Crippen molar-refractivity contribution in [1.82, 2.24) is 14.5 Å². The molecule has 0 saturated heterocycles. The minimum atomic E-state index is -0.0716. The van der Waals surface area contributed by atoms with Crippen molar-refractivity contribution < 1.29 is 4.79 Å². The van der Waals surface area contributed by atoms with Crippen LogP contribution in [0.3, 0.4) is 0 Å². The average Bonchev–Trinajstić information content (AvgIpc) is 2.53. The molecule has 0 aliphatic rings. The van der Waals surface area contributed by atoms with Crippen molar-refractivity contribution in [2.45, 2.75) is 32.9 Å². The van der Waals surface area contributed by atoms with Crippen LogP contribution >= 0.6 is 0 Å². The molecule has 0 bridgehead atoms. The van der Waals surface area contributed by atoms with Gasteiger partial charge in [0.25, 0.3) is 5.56 Å². The molecular weight excluding hydrogens is 278 g/mol. The van der Waals surface area contributed by atoms with Gasteiger partial charge in [-0.3, -0.25) is 14.6 Å². The lowest BCUT2D eigenvalue weighted by Crippen LogP contribution is -2.31. The molecule has 0 aromatic carbocycles. The van der Waals surface area contributed by atoms with Crippen LogP contribution in [0.4, 0.5) is 0 Å². The van der Waals surface area contributed by atoms with Gasteiger partial charge in [-0.15, -0.1) is 0 Å². The highest BCUT2D eigenvalue weighted by Gasteiger charge is 2.17. The number of rotatable bonds is 5. The van der Waals surface area contributed by atoms with E-state index < -0.39 is 0 Å². The predicted molar refractivity (Wildman–Crippen MR) is 85.5 cm³/mol. The number of hydrogen-bond acceptors (Lipinski definition) is 3. The summed E-state index contributed by atoms with van der Waals surface area (Å²) in [6.07, 6.45) is 3.74. The molecule has 0 spiro atoms. The molecule has 2 aromatic heterocycles. The van der Waals surface area contributed by atoms with Gasteiger partial charge in [0, 0.05) is 44.2 Å². The minimum absolute atomic E-state index is 0.0134. The summed E-state index contributed by atoms with van der Waals surface area (Å²) >= 11 is 0. The highest BCUT2D eigenvalue weighted by atomic mass is 16.2. The normalized spacial score (nSPS) is 12.0. The van der Waals surface area contributed by atoms with Crippen LogP contribution in [-0.4, -0.2) is 27.4 Å². The fourth-order valence-corrected chi connectivity index (χ4v) is 2.38. The van der Waals surface area contributed by atoms with Gasteiger partial charge in [-0.05, 0) is 37.6 Å². The molecule has 0 saturated carbocycles. The van der Waals surface area contributed by atoms with Gasteiger partial charge < -0.3 is 9.47 Å². The van der Waals surface area contributed by atoms with Crippen LogP contribution in [0.2, 0.25) is 0 Å². The van der Waals surface area contributed by atoms with E-state index in [-0.39, 0.29) is 17.5 Å². The van der Waals surface area contributed by atoms with Gasteiger partial charge in [0.1, 0.15) is 0 Å². The predicted octanol–water partition coefficient (Wildman–Crippen LogP) is 2.16. The lowest BCUT2D eigenvalue weighted by atomic mass is 10.1. The van der Waals surface area contributed by atoms with Crippen LogP contribution in [0.5, 0.6) is 0 Å². The number of aromatic nitrogens is 2. The monoisotopic (exact) mass is 299 g/mol. The van der Waals surface area contributed by atoms with Crippen molar-refractivity contribution in [3.63, 3.8) is 0 Å². The van der Waals surface area contributed by atoms with Gasteiger partial charge in [0.15, 0.2) is 0 Å². The maximum atomic E-state index is 12.3. The molecule has 0 aliphatic heterocycles. The van der Waals surface area contributed by atoms with Crippen molar-refractivity contribution in [2.75, 3.05) is 7.05 Å². The molecular formula is C17H21N3O2. The summed E-state index contributed by atoms with van der Waals surface area (Å²) in [5.74, 6) is 0.0134. The molecule has 0 unspecified atom stereocenters. The number of nitrogens with zero attached hydrogens (tertiary/aromatic N) is 3. The van der Waals surface area contributed by atoms with Crippen LogP contribution in [-0.2, 0) is 11.3 Å². The topological polar surface area (TPSA) is 55.2 Å². The summed E-state index contributed by atoms with van der Waals surface area (Å²) in [5, 5.41) is 0. The van der Waals surface area contributed by atoms with Gasteiger partial charge in [0.05, 0.1) is 6.04 Å². The Labute approximate surface area is 130 Å². The van der Waals surface area contributed by atoms with Crippen LogP contribution < -0.4 is 5.56 Å². The molecule has 2 aromatic rings. The standard InChI is InChI=1S/C17H21N3O2/c1-13-5-4-6-17(22)20(13)12-9-16(21)19(3)14(2)15-7-10-18-11-8-15/h4-8,10-11,14H,9,12H2,1-3H3/t14-/m0/s1. The van der Waals surface area contributed by atoms with Crippen molar-refractivity contribution in [1.29, 1.82) is 0 Å². The first-order valence-corrected chi connectivity index (χ1v) is 7.32. The molecule has 0 N–H and O–H groups in total. The zero-order chi connectivity index (χ0) is 16.1. The van der Waals surface area contributed by atoms with E-state index in [0.717, 1.165) is 11.3 Å². The molecule has 5 heteroatoms. The fourth-order valence-electron chi connectivity index (χ4n) is 2.38. The molecule has 0 fully saturated rings. The Bertz CT molecular complexity index is 695. The second kappa shape index (κ2) is 7.02. The van der Waals surface area contributed by atoms with Crippen LogP contribution in [0.15, 0.2) is 47.5 Å². The molecule has 5 nitrogen and oxygen atoms in total. The van der Waals surface area contributed by atoms with Gasteiger partial charge in [-0.2, -0.15) is 0 Å². The van der Waals surface area contributed by atoms with Crippen molar-refractivity contribution in [2.24, 2.45) is 0 Å². The van der Waals surface area contributed by atoms with E-state index in [1.165, 1.54) is 6.07 Å². The third kappa shape index (κ3) is 3.61. The lowest BCUT2D eigenvalue weighted by Gasteiger charge is -2.25. The molecule has 0 aliphatic carbocycles. The van der Waals surface area contributed by atoms with Crippen molar-refractivity contribution in [3.05, 3.63) is 64.3 Å². The number of amides is 1. The first kappa shape index (κ1) is 15.9.